The average Bonchev–Trinajstić information content (AvgIpc) is 2.81. The Balaban J connectivity index is 2.49. The van der Waals surface area contributed by atoms with Crippen molar-refractivity contribution in [2.24, 2.45) is 5.92 Å². The summed E-state index contributed by atoms with van der Waals surface area (Å²) in [5, 5.41) is 13.2. The quantitative estimate of drug-likeness (QED) is 0.277. The fourth-order valence-electron chi connectivity index (χ4n) is 4.09. The summed E-state index contributed by atoms with van der Waals surface area (Å²) in [6, 6.07) is 16.8. The number of benzene rings is 2. The molecule has 0 aliphatic heterocycles. The van der Waals surface area contributed by atoms with E-state index >= 15 is 0 Å². The van der Waals surface area contributed by atoms with Crippen LogP contribution in [-0.4, -0.2) is 50.3 Å². The number of carbonyl (C=O) groups is 2. The third-order valence-corrected chi connectivity index (χ3v) is 11.7. The summed E-state index contributed by atoms with van der Waals surface area (Å²) in [6.07, 6.45) is -0.0803. The van der Waals surface area contributed by atoms with Gasteiger partial charge in [-0.3, -0.25) is 4.79 Å². The number of amides is 1. The zero-order chi connectivity index (χ0) is 29.4. The van der Waals surface area contributed by atoms with Crippen LogP contribution in [0.5, 0.6) is 5.75 Å². The van der Waals surface area contributed by atoms with Gasteiger partial charge >= 0.3 is 12.1 Å². The Kier molecular flexibility index (Phi) is 11.2. The molecule has 0 aromatic heterocycles. The van der Waals surface area contributed by atoms with Gasteiger partial charge in [0.15, 0.2) is 8.32 Å². The second kappa shape index (κ2) is 13.5. The molecule has 3 unspecified atom stereocenters. The number of nitrogens with one attached hydrogen (secondary N) is 1. The minimum absolute atomic E-state index is 0.111. The highest BCUT2D eigenvalue weighted by atomic mass is 28.4. The zero-order valence-electron chi connectivity index (χ0n) is 25.0. The Bertz CT molecular complexity index is 1070. The first-order valence-electron chi connectivity index (χ1n) is 13.6. The number of hydrogen-bond donors (Lipinski definition) is 2. The molecule has 8 heteroatoms. The maximum absolute atomic E-state index is 13.0. The molecule has 0 fully saturated rings. The molecule has 0 heterocycles. The van der Waals surface area contributed by atoms with E-state index < -0.39 is 44.0 Å². The minimum Gasteiger partial charge on any atom is -0.497 e. The highest BCUT2D eigenvalue weighted by molar-refractivity contribution is 6.74. The Morgan fingerprint density at radius 2 is 1.54 bits per heavy atom. The predicted octanol–water partition coefficient (Wildman–Crippen LogP) is 6.86. The number of carboxylic acid groups (broad SMARTS) is 1. The number of ether oxygens (including phenoxy) is 2. The van der Waals surface area contributed by atoms with Gasteiger partial charge in [0.05, 0.1) is 25.2 Å². The molecular weight excluding hydrogens is 510 g/mol. The maximum atomic E-state index is 13.0. The molecule has 216 valence electrons. The van der Waals surface area contributed by atoms with Crippen molar-refractivity contribution in [3.63, 3.8) is 0 Å². The smallest absolute Gasteiger partial charge is 0.407 e. The van der Waals surface area contributed by atoms with E-state index in [1.54, 1.807) is 7.11 Å². The molecular formula is C31H47NO6Si. The van der Waals surface area contributed by atoms with Gasteiger partial charge in [0, 0.05) is 0 Å². The van der Waals surface area contributed by atoms with Crippen molar-refractivity contribution in [3.8, 4) is 5.75 Å². The standard InChI is InChI=1S/C31H47NO6Si/c1-30(2,3)37-29(35)32-26(20-22-14-11-10-12-15-22)27(38-39(8,9)31(4,5)6)21-24(28(33)34)18-23-16-13-17-25(19-23)36-7/h10-17,19,24,26-27H,18,20-21H2,1-9H3,(H,32,35)(H,33,34). The van der Waals surface area contributed by atoms with Crippen molar-refractivity contribution in [1.82, 2.24) is 5.32 Å². The van der Waals surface area contributed by atoms with Gasteiger partial charge in [-0.15, -0.1) is 0 Å². The van der Waals surface area contributed by atoms with Gasteiger partial charge in [-0.05, 0) is 81.4 Å². The fourth-order valence-corrected chi connectivity index (χ4v) is 5.46. The first-order chi connectivity index (χ1) is 18.0. The van der Waals surface area contributed by atoms with E-state index in [0.29, 0.717) is 18.6 Å². The predicted molar refractivity (Wildman–Crippen MR) is 158 cm³/mol. The van der Waals surface area contributed by atoms with E-state index in [-0.39, 0.29) is 11.5 Å². The van der Waals surface area contributed by atoms with Crippen LogP contribution < -0.4 is 10.1 Å². The van der Waals surface area contributed by atoms with E-state index in [1.165, 1.54) is 0 Å². The summed E-state index contributed by atoms with van der Waals surface area (Å²) in [7, 11) is -0.769. The van der Waals surface area contributed by atoms with Crippen molar-refractivity contribution in [3.05, 3.63) is 65.7 Å². The Hall–Kier alpha value is -2.84. The average molecular weight is 558 g/mol. The monoisotopic (exact) mass is 557 g/mol. The molecule has 2 rings (SSSR count). The first kappa shape index (κ1) is 32.4. The molecule has 2 aromatic carbocycles. The van der Waals surface area contributed by atoms with Gasteiger partial charge in [0.25, 0.3) is 0 Å². The van der Waals surface area contributed by atoms with Gasteiger partial charge in [0.1, 0.15) is 11.4 Å². The van der Waals surface area contributed by atoms with Crippen molar-refractivity contribution in [2.45, 2.75) is 96.7 Å². The molecule has 0 spiro atoms. The number of alkyl carbamates (subject to hydrolysis) is 1. The van der Waals surface area contributed by atoms with E-state index in [1.807, 2.05) is 75.4 Å². The fraction of sp³-hybridized carbons (Fsp3) is 0.548. The molecule has 0 aliphatic carbocycles. The number of methoxy groups -OCH3 is 1. The van der Waals surface area contributed by atoms with Gasteiger partial charge < -0.3 is 24.3 Å². The van der Waals surface area contributed by atoms with Crippen LogP contribution in [0.3, 0.4) is 0 Å². The number of aliphatic carboxylic acids is 1. The summed E-state index contributed by atoms with van der Waals surface area (Å²) in [6.45, 7) is 16.2. The van der Waals surface area contributed by atoms with Crippen LogP contribution in [0.2, 0.25) is 18.1 Å². The Morgan fingerprint density at radius 1 is 0.923 bits per heavy atom. The summed E-state index contributed by atoms with van der Waals surface area (Å²) < 4.78 is 17.9. The zero-order valence-corrected chi connectivity index (χ0v) is 26.0. The van der Waals surface area contributed by atoms with Crippen LogP contribution in [0.15, 0.2) is 54.6 Å². The van der Waals surface area contributed by atoms with Crippen LogP contribution in [0.1, 0.15) is 59.1 Å². The van der Waals surface area contributed by atoms with Gasteiger partial charge in [-0.1, -0.05) is 63.2 Å². The Labute approximate surface area is 235 Å². The number of carbonyl (C=O) groups excluding carboxylic acids is 1. The van der Waals surface area contributed by atoms with Crippen molar-refractivity contribution in [1.29, 1.82) is 0 Å². The molecule has 0 saturated heterocycles. The molecule has 7 nitrogen and oxygen atoms in total. The molecule has 39 heavy (non-hydrogen) atoms. The van der Waals surface area contributed by atoms with E-state index in [4.69, 9.17) is 13.9 Å². The molecule has 0 bridgehead atoms. The SMILES string of the molecule is COc1cccc(CC(CC(O[Si](C)(C)C(C)(C)C)C(Cc2ccccc2)NC(=O)OC(C)(C)C)C(=O)O)c1. The topological polar surface area (TPSA) is 94.1 Å². The lowest BCUT2D eigenvalue weighted by atomic mass is 9.89. The number of hydrogen-bond acceptors (Lipinski definition) is 5. The van der Waals surface area contributed by atoms with E-state index in [9.17, 15) is 14.7 Å². The van der Waals surface area contributed by atoms with Crippen molar-refractivity contribution < 1.29 is 28.6 Å². The summed E-state index contributed by atoms with van der Waals surface area (Å²) >= 11 is 0. The third-order valence-electron chi connectivity index (χ3n) is 7.18. The molecule has 0 radical (unpaired) electrons. The van der Waals surface area contributed by atoms with Gasteiger partial charge in [-0.25, -0.2) is 4.79 Å². The van der Waals surface area contributed by atoms with Crippen molar-refractivity contribution >= 4 is 20.4 Å². The molecule has 0 saturated carbocycles. The van der Waals surface area contributed by atoms with Crippen LogP contribution in [0, 0.1) is 5.92 Å². The molecule has 2 aromatic rings. The Morgan fingerprint density at radius 3 is 2.08 bits per heavy atom. The lowest BCUT2D eigenvalue weighted by molar-refractivity contribution is -0.142. The molecule has 0 aliphatic rings. The largest absolute Gasteiger partial charge is 0.497 e. The van der Waals surface area contributed by atoms with Gasteiger partial charge in [0.2, 0.25) is 0 Å². The highest BCUT2D eigenvalue weighted by Crippen LogP contribution is 2.39. The van der Waals surface area contributed by atoms with Crippen LogP contribution in [0.25, 0.3) is 0 Å². The highest BCUT2D eigenvalue weighted by Gasteiger charge is 2.42. The second-order valence-electron chi connectivity index (χ2n) is 12.7. The lowest BCUT2D eigenvalue weighted by Crippen LogP contribution is -2.54. The molecule has 2 N–H and O–H groups in total. The van der Waals surface area contributed by atoms with E-state index in [0.717, 1.165) is 11.1 Å². The summed E-state index contributed by atoms with van der Waals surface area (Å²) in [5.41, 5.74) is 1.21. The number of carboxylic acids is 1. The summed E-state index contributed by atoms with van der Waals surface area (Å²) in [5.74, 6) is -0.956. The first-order valence-corrected chi connectivity index (χ1v) is 16.5. The lowest BCUT2D eigenvalue weighted by Gasteiger charge is -2.42. The van der Waals surface area contributed by atoms with Crippen LogP contribution in [0.4, 0.5) is 4.79 Å². The normalized spacial score (nSPS) is 14.7. The van der Waals surface area contributed by atoms with Crippen molar-refractivity contribution in [2.75, 3.05) is 7.11 Å². The van der Waals surface area contributed by atoms with Crippen LogP contribution >= 0.6 is 0 Å². The summed E-state index contributed by atoms with van der Waals surface area (Å²) in [4.78, 5) is 25.6. The van der Waals surface area contributed by atoms with E-state index in [2.05, 4.69) is 39.2 Å². The van der Waals surface area contributed by atoms with Gasteiger partial charge in [-0.2, -0.15) is 0 Å². The second-order valence-corrected chi connectivity index (χ2v) is 17.4. The third kappa shape index (κ3) is 10.7. The van der Waals surface area contributed by atoms with Crippen LogP contribution in [-0.2, 0) is 26.8 Å². The minimum atomic E-state index is -2.36. The maximum Gasteiger partial charge on any atom is 0.407 e. The number of rotatable bonds is 12. The molecule has 3 atom stereocenters. The molecule has 1 amide bonds.